The lowest BCUT2D eigenvalue weighted by atomic mass is 10.3. The van der Waals surface area contributed by atoms with E-state index < -0.39 is 4.33 Å². The first-order valence-electron chi connectivity index (χ1n) is 2.69. The Morgan fingerprint density at radius 3 is 2.12 bits per heavy atom. The average molecular weight is 153 g/mol. The minimum absolute atomic E-state index is 0.394. The van der Waals surface area contributed by atoms with E-state index in [0.717, 1.165) is 13.0 Å². The second-order valence-corrected chi connectivity index (χ2v) is 3.99. The van der Waals surface area contributed by atoms with Gasteiger partial charge in [-0.05, 0) is 6.42 Å². The van der Waals surface area contributed by atoms with Crippen molar-refractivity contribution in [2.24, 2.45) is 5.92 Å². The molecule has 1 saturated carbocycles. The van der Waals surface area contributed by atoms with E-state index in [9.17, 15) is 0 Å². The molecule has 3 heteroatoms. The van der Waals surface area contributed by atoms with Crippen molar-refractivity contribution in [1.29, 1.82) is 0 Å². The maximum absolute atomic E-state index is 5.73. The van der Waals surface area contributed by atoms with Gasteiger partial charge in [-0.15, -0.1) is 23.2 Å². The van der Waals surface area contributed by atoms with Crippen molar-refractivity contribution in [2.75, 3.05) is 6.61 Å². The van der Waals surface area contributed by atoms with Gasteiger partial charge < -0.3 is 4.74 Å². The molecule has 1 nitrogen and oxygen atoms in total. The molecule has 2 aliphatic rings. The monoisotopic (exact) mass is 152 g/mol. The van der Waals surface area contributed by atoms with Crippen molar-refractivity contribution in [3.05, 3.63) is 0 Å². The van der Waals surface area contributed by atoms with E-state index in [1.54, 1.807) is 0 Å². The fourth-order valence-corrected chi connectivity index (χ4v) is 1.54. The maximum atomic E-state index is 5.73. The predicted molar refractivity (Wildman–Crippen MR) is 32.3 cm³/mol. The van der Waals surface area contributed by atoms with Crippen molar-refractivity contribution >= 4 is 23.2 Å². The van der Waals surface area contributed by atoms with E-state index in [2.05, 4.69) is 0 Å². The molecule has 1 aliphatic carbocycles. The second kappa shape index (κ2) is 1.34. The molecule has 8 heavy (non-hydrogen) atoms. The third kappa shape index (κ3) is 0.734. The Labute approximate surface area is 57.9 Å². The zero-order chi connectivity index (χ0) is 5.78. The molecule has 1 heterocycles. The number of rotatable bonds is 1. The highest BCUT2D eigenvalue weighted by Gasteiger charge is 2.59. The third-order valence-corrected chi connectivity index (χ3v) is 2.55. The Bertz CT molecular complexity index is 120. The van der Waals surface area contributed by atoms with Gasteiger partial charge in [-0.25, -0.2) is 0 Å². The molecule has 0 aromatic rings. The predicted octanol–water partition coefficient (Wildman–Crippen LogP) is 1.58. The molecular formula is C5H6Cl2O. The van der Waals surface area contributed by atoms with Gasteiger partial charge in [-0.3, -0.25) is 0 Å². The molecule has 0 spiro atoms. The quantitative estimate of drug-likeness (QED) is 0.411. The van der Waals surface area contributed by atoms with Crippen molar-refractivity contribution in [2.45, 2.75) is 16.9 Å². The fourth-order valence-electron chi connectivity index (χ4n) is 0.926. The second-order valence-electron chi connectivity index (χ2n) is 2.44. The molecule has 2 rings (SSSR count). The summed E-state index contributed by atoms with van der Waals surface area (Å²) in [5.74, 6) is 0.436. The first kappa shape index (κ1) is 5.33. The van der Waals surface area contributed by atoms with Crippen LogP contribution < -0.4 is 0 Å². The van der Waals surface area contributed by atoms with Crippen molar-refractivity contribution in [3.63, 3.8) is 0 Å². The molecule has 0 bridgehead atoms. The van der Waals surface area contributed by atoms with E-state index >= 15 is 0 Å². The van der Waals surface area contributed by atoms with Gasteiger partial charge in [-0.1, -0.05) is 0 Å². The lowest BCUT2D eigenvalue weighted by molar-refractivity contribution is 0.386. The lowest BCUT2D eigenvalue weighted by Gasteiger charge is -1.90. The summed E-state index contributed by atoms with van der Waals surface area (Å²) in [6, 6.07) is 0. The molecule has 2 atom stereocenters. The van der Waals surface area contributed by atoms with Crippen LogP contribution in [-0.2, 0) is 4.74 Å². The summed E-state index contributed by atoms with van der Waals surface area (Å²) in [6.07, 6.45) is 1.31. The molecule has 0 aromatic heterocycles. The number of epoxide rings is 1. The van der Waals surface area contributed by atoms with Crippen LogP contribution in [0.4, 0.5) is 0 Å². The van der Waals surface area contributed by atoms with Gasteiger partial charge in [-0.2, -0.15) is 0 Å². The Morgan fingerprint density at radius 2 is 2.00 bits per heavy atom. The summed E-state index contributed by atoms with van der Waals surface area (Å²) >= 11 is 11.5. The minimum Gasteiger partial charge on any atom is -0.373 e. The van der Waals surface area contributed by atoms with Crippen LogP contribution in [0.1, 0.15) is 6.42 Å². The summed E-state index contributed by atoms with van der Waals surface area (Å²) in [4.78, 5) is 0. The molecule has 1 aliphatic heterocycles. The van der Waals surface area contributed by atoms with Crippen LogP contribution in [0, 0.1) is 5.92 Å². The van der Waals surface area contributed by atoms with Gasteiger partial charge in [0.05, 0.1) is 12.7 Å². The molecule has 46 valence electrons. The Balaban J connectivity index is 1.95. The van der Waals surface area contributed by atoms with Crippen LogP contribution in [0.3, 0.4) is 0 Å². The summed E-state index contributed by atoms with van der Waals surface area (Å²) in [5, 5.41) is 0. The molecule has 2 unspecified atom stereocenters. The average Bonchev–Trinajstić information content (AvgIpc) is 2.37. The van der Waals surface area contributed by atoms with Crippen LogP contribution in [-0.4, -0.2) is 17.0 Å². The Kier molecular flexibility index (Phi) is 0.891. The smallest absolute Gasteiger partial charge is 0.124 e. The summed E-state index contributed by atoms with van der Waals surface area (Å²) in [5.41, 5.74) is 0. The van der Waals surface area contributed by atoms with Gasteiger partial charge in [0.1, 0.15) is 4.33 Å². The van der Waals surface area contributed by atoms with E-state index in [1.165, 1.54) is 0 Å². The normalized spacial score (nSPS) is 48.8. The SMILES string of the molecule is ClC1(Cl)CC1C1CO1. The zero-order valence-electron chi connectivity index (χ0n) is 4.23. The number of halogens is 2. The molecule has 0 aromatic carbocycles. The van der Waals surface area contributed by atoms with Crippen LogP contribution in [0.15, 0.2) is 0 Å². The van der Waals surface area contributed by atoms with Gasteiger partial charge >= 0.3 is 0 Å². The van der Waals surface area contributed by atoms with E-state index in [1.807, 2.05) is 0 Å². The molecule has 0 radical (unpaired) electrons. The largest absolute Gasteiger partial charge is 0.373 e. The zero-order valence-corrected chi connectivity index (χ0v) is 5.74. The number of alkyl halides is 2. The number of ether oxygens (including phenoxy) is 1. The van der Waals surface area contributed by atoms with Crippen LogP contribution in [0.5, 0.6) is 0 Å². The van der Waals surface area contributed by atoms with E-state index in [4.69, 9.17) is 27.9 Å². The van der Waals surface area contributed by atoms with Crippen molar-refractivity contribution in [1.82, 2.24) is 0 Å². The van der Waals surface area contributed by atoms with Crippen LogP contribution >= 0.6 is 23.2 Å². The van der Waals surface area contributed by atoms with Gasteiger partial charge in [0.15, 0.2) is 0 Å². The highest BCUT2D eigenvalue weighted by Crippen LogP contribution is 2.57. The first-order valence-corrected chi connectivity index (χ1v) is 3.45. The lowest BCUT2D eigenvalue weighted by Crippen LogP contribution is -1.96. The summed E-state index contributed by atoms with van der Waals surface area (Å²) < 4.78 is 4.57. The third-order valence-electron chi connectivity index (χ3n) is 1.68. The van der Waals surface area contributed by atoms with Gasteiger partial charge in [0.25, 0.3) is 0 Å². The van der Waals surface area contributed by atoms with E-state index in [-0.39, 0.29) is 0 Å². The van der Waals surface area contributed by atoms with Gasteiger partial charge in [0.2, 0.25) is 0 Å². The minimum atomic E-state index is -0.429. The number of hydrogen-bond donors (Lipinski definition) is 0. The fraction of sp³-hybridized carbons (Fsp3) is 1.00. The summed E-state index contributed by atoms with van der Waals surface area (Å²) in [6.45, 7) is 0.867. The highest BCUT2D eigenvalue weighted by atomic mass is 35.5. The molecule has 2 fully saturated rings. The Morgan fingerprint density at radius 1 is 1.50 bits per heavy atom. The van der Waals surface area contributed by atoms with Crippen molar-refractivity contribution in [3.8, 4) is 0 Å². The van der Waals surface area contributed by atoms with E-state index in [0.29, 0.717) is 12.0 Å². The van der Waals surface area contributed by atoms with Crippen molar-refractivity contribution < 1.29 is 4.74 Å². The Hall–Kier alpha value is 0.540. The van der Waals surface area contributed by atoms with Gasteiger partial charge in [0, 0.05) is 5.92 Å². The van der Waals surface area contributed by atoms with Crippen LogP contribution in [0.2, 0.25) is 0 Å². The first-order chi connectivity index (χ1) is 3.70. The molecular weight excluding hydrogens is 147 g/mol. The number of hydrogen-bond acceptors (Lipinski definition) is 1. The van der Waals surface area contributed by atoms with Crippen LogP contribution in [0.25, 0.3) is 0 Å². The molecule has 0 N–H and O–H groups in total. The summed E-state index contributed by atoms with van der Waals surface area (Å²) in [7, 11) is 0. The highest BCUT2D eigenvalue weighted by molar-refractivity contribution is 6.50. The maximum Gasteiger partial charge on any atom is 0.124 e. The molecule has 1 saturated heterocycles. The standard InChI is InChI=1S/C5H6Cl2O/c6-5(7)1-3(5)4-2-8-4/h3-4H,1-2H2. The molecule has 0 amide bonds. The topological polar surface area (TPSA) is 12.5 Å².